The van der Waals surface area contributed by atoms with Crippen molar-refractivity contribution in [1.82, 2.24) is 14.8 Å². The van der Waals surface area contributed by atoms with E-state index in [9.17, 15) is 9.18 Å². The molecule has 3 aliphatic heterocycles. The van der Waals surface area contributed by atoms with E-state index >= 15 is 0 Å². The van der Waals surface area contributed by atoms with E-state index in [-0.39, 0.29) is 11.5 Å². The van der Waals surface area contributed by atoms with Crippen molar-refractivity contribution >= 4 is 17.7 Å². The molecule has 4 heterocycles. The summed E-state index contributed by atoms with van der Waals surface area (Å²) in [4.78, 5) is 20.9. The van der Waals surface area contributed by atoms with Gasteiger partial charge in [0.15, 0.2) is 0 Å². The Hall–Kier alpha value is -1.18. The van der Waals surface area contributed by atoms with Crippen LogP contribution in [0.2, 0.25) is 0 Å². The van der Waals surface area contributed by atoms with E-state index in [0.717, 1.165) is 32.1 Å². The highest BCUT2D eigenvalue weighted by molar-refractivity contribution is 7.99. The molecule has 5 nitrogen and oxygen atoms in total. The molecule has 3 saturated heterocycles. The number of hydrogen-bond acceptors (Lipinski definition) is 5. The number of morpholine rings is 1. The zero-order valence-corrected chi connectivity index (χ0v) is 15.1. The summed E-state index contributed by atoms with van der Waals surface area (Å²) in [5.41, 5.74) is 0.0779. The monoisotopic (exact) mass is 365 g/mol. The molecule has 1 unspecified atom stereocenters. The minimum atomic E-state index is -0.475. The van der Waals surface area contributed by atoms with Crippen LogP contribution in [0, 0.1) is 5.82 Å². The average molecular weight is 365 g/mol. The molecular weight excluding hydrogens is 341 g/mol. The third kappa shape index (κ3) is 3.68. The molecule has 0 N–H and O–H groups in total. The second-order valence-electron chi connectivity index (χ2n) is 7.20. The van der Waals surface area contributed by atoms with E-state index in [1.807, 2.05) is 11.8 Å². The molecule has 0 saturated carbocycles. The molecule has 0 radical (unpaired) electrons. The van der Waals surface area contributed by atoms with Crippen molar-refractivity contribution in [1.29, 1.82) is 0 Å². The third-order valence-electron chi connectivity index (χ3n) is 5.62. The van der Waals surface area contributed by atoms with E-state index < -0.39 is 5.82 Å². The van der Waals surface area contributed by atoms with Crippen LogP contribution < -0.4 is 0 Å². The summed E-state index contributed by atoms with van der Waals surface area (Å²) in [6, 6.07) is 1.97. The Balaban J connectivity index is 1.40. The Kier molecular flexibility index (Phi) is 4.97. The molecule has 1 aromatic rings. The van der Waals surface area contributed by atoms with Crippen molar-refractivity contribution in [2.75, 3.05) is 44.3 Å². The van der Waals surface area contributed by atoms with Crippen LogP contribution in [0.15, 0.2) is 18.5 Å². The molecular formula is C18H24FN3O2S. The number of piperidine rings is 1. The molecule has 7 heteroatoms. The molecule has 0 bridgehead atoms. The molecule has 3 fully saturated rings. The molecule has 4 rings (SSSR count). The number of rotatable bonds is 2. The number of thioether (sulfide) groups is 1. The Morgan fingerprint density at radius 3 is 2.88 bits per heavy atom. The van der Waals surface area contributed by atoms with Crippen molar-refractivity contribution in [3.63, 3.8) is 0 Å². The molecule has 25 heavy (non-hydrogen) atoms. The van der Waals surface area contributed by atoms with Crippen molar-refractivity contribution in [3.8, 4) is 0 Å². The first-order chi connectivity index (χ1) is 12.2. The van der Waals surface area contributed by atoms with E-state index in [4.69, 9.17) is 4.74 Å². The Morgan fingerprint density at radius 2 is 2.16 bits per heavy atom. The molecule has 1 amide bonds. The molecule has 0 aliphatic carbocycles. The van der Waals surface area contributed by atoms with Gasteiger partial charge in [-0.1, -0.05) is 0 Å². The fraction of sp³-hybridized carbons (Fsp3) is 0.667. The smallest absolute Gasteiger partial charge is 0.255 e. The lowest BCUT2D eigenvalue weighted by molar-refractivity contribution is -0.129. The van der Waals surface area contributed by atoms with Gasteiger partial charge in [-0.15, -0.1) is 0 Å². The Labute approximate surface area is 151 Å². The first-order valence-corrected chi connectivity index (χ1v) is 10.2. The molecule has 1 atom stereocenters. The second-order valence-corrected chi connectivity index (χ2v) is 8.35. The van der Waals surface area contributed by atoms with Crippen LogP contribution in [0.4, 0.5) is 4.39 Å². The van der Waals surface area contributed by atoms with Crippen molar-refractivity contribution in [2.45, 2.75) is 30.9 Å². The number of hydrogen-bond donors (Lipinski definition) is 0. The fourth-order valence-corrected chi connectivity index (χ4v) is 5.39. The van der Waals surface area contributed by atoms with Crippen LogP contribution in [-0.2, 0) is 4.74 Å². The second kappa shape index (κ2) is 7.21. The van der Waals surface area contributed by atoms with Gasteiger partial charge in [0.25, 0.3) is 5.91 Å². The average Bonchev–Trinajstić information content (AvgIpc) is 3.16. The highest BCUT2D eigenvalue weighted by Crippen LogP contribution is 2.33. The number of aromatic nitrogens is 1. The zero-order chi connectivity index (χ0) is 17.3. The Morgan fingerprint density at radius 1 is 1.32 bits per heavy atom. The van der Waals surface area contributed by atoms with E-state index in [2.05, 4.69) is 9.88 Å². The quantitative estimate of drug-likeness (QED) is 0.803. The Bertz CT molecular complexity index is 631. The number of halogens is 1. The lowest BCUT2D eigenvalue weighted by atomic mass is 9.88. The number of carbonyl (C=O) groups is 1. The maximum absolute atomic E-state index is 13.4. The SMILES string of the molecule is O=C(c1cncc(F)c1)N1CCOC2(CCN(C3CCSC3)CC2)C1. The van der Waals surface area contributed by atoms with Gasteiger partial charge >= 0.3 is 0 Å². The van der Waals surface area contributed by atoms with Crippen LogP contribution in [0.3, 0.4) is 0 Å². The summed E-state index contributed by atoms with van der Waals surface area (Å²) in [5, 5.41) is 0. The van der Waals surface area contributed by atoms with Crippen molar-refractivity contribution < 1.29 is 13.9 Å². The lowest BCUT2D eigenvalue weighted by Gasteiger charge is -2.48. The van der Waals surface area contributed by atoms with Gasteiger partial charge in [-0.2, -0.15) is 11.8 Å². The van der Waals surface area contributed by atoms with Crippen molar-refractivity contribution in [2.24, 2.45) is 0 Å². The zero-order valence-electron chi connectivity index (χ0n) is 14.3. The predicted octanol–water partition coefficient (Wildman–Crippen LogP) is 2.03. The van der Waals surface area contributed by atoms with Gasteiger partial charge in [-0.05, 0) is 31.1 Å². The third-order valence-corrected chi connectivity index (χ3v) is 6.76. The van der Waals surface area contributed by atoms with Crippen molar-refractivity contribution in [3.05, 3.63) is 29.8 Å². The first kappa shape index (κ1) is 17.2. The maximum Gasteiger partial charge on any atom is 0.255 e. The molecule has 1 spiro atoms. The number of pyridine rings is 1. The minimum Gasteiger partial charge on any atom is -0.371 e. The van der Waals surface area contributed by atoms with Crippen LogP contribution >= 0.6 is 11.8 Å². The first-order valence-electron chi connectivity index (χ1n) is 9.01. The van der Waals surface area contributed by atoms with Crippen LogP contribution in [0.25, 0.3) is 0 Å². The summed E-state index contributed by atoms with van der Waals surface area (Å²) < 4.78 is 19.5. The van der Waals surface area contributed by atoms with E-state index in [1.165, 1.54) is 30.2 Å². The van der Waals surface area contributed by atoms with Gasteiger partial charge in [0, 0.05) is 37.6 Å². The largest absolute Gasteiger partial charge is 0.371 e. The molecule has 0 aromatic carbocycles. The molecule has 3 aliphatic rings. The number of carbonyl (C=O) groups excluding carboxylic acids is 1. The standard InChI is InChI=1S/C18H24FN3O2S/c19-15-9-14(10-20-11-15)17(23)22-6-7-24-18(13-22)2-4-21(5-3-18)16-1-8-25-12-16/h9-11,16H,1-8,12-13H2. The lowest BCUT2D eigenvalue weighted by Crippen LogP contribution is -2.59. The van der Waals surface area contributed by atoms with Crippen LogP contribution in [-0.4, -0.2) is 76.6 Å². The van der Waals surface area contributed by atoms with Gasteiger partial charge in [0.2, 0.25) is 0 Å². The fourth-order valence-electron chi connectivity index (χ4n) is 4.14. The maximum atomic E-state index is 13.4. The normalized spacial score (nSPS) is 26.9. The van der Waals surface area contributed by atoms with Gasteiger partial charge in [-0.3, -0.25) is 14.7 Å². The van der Waals surface area contributed by atoms with Gasteiger partial charge in [-0.25, -0.2) is 4.39 Å². The summed E-state index contributed by atoms with van der Waals surface area (Å²) >= 11 is 2.04. The molecule has 1 aromatic heterocycles. The summed E-state index contributed by atoms with van der Waals surface area (Å²) in [6.45, 7) is 3.77. The van der Waals surface area contributed by atoms with E-state index in [1.54, 1.807) is 4.90 Å². The number of nitrogens with zero attached hydrogens (tertiary/aromatic N) is 3. The van der Waals surface area contributed by atoms with Gasteiger partial charge in [0.1, 0.15) is 5.82 Å². The predicted molar refractivity (Wildman–Crippen MR) is 95.3 cm³/mol. The van der Waals surface area contributed by atoms with Crippen LogP contribution in [0.1, 0.15) is 29.6 Å². The highest BCUT2D eigenvalue weighted by Gasteiger charge is 2.42. The van der Waals surface area contributed by atoms with Gasteiger partial charge in [0.05, 0.1) is 30.5 Å². The number of ether oxygens (including phenoxy) is 1. The number of likely N-dealkylation sites (tertiary alicyclic amines) is 1. The van der Waals surface area contributed by atoms with Crippen LogP contribution in [0.5, 0.6) is 0 Å². The summed E-state index contributed by atoms with van der Waals surface area (Å²) in [6.07, 6.45) is 5.76. The molecule has 136 valence electrons. The topological polar surface area (TPSA) is 45.7 Å². The minimum absolute atomic E-state index is 0.149. The van der Waals surface area contributed by atoms with E-state index in [0.29, 0.717) is 31.3 Å². The summed E-state index contributed by atoms with van der Waals surface area (Å²) in [5.74, 6) is 1.89. The van der Waals surface area contributed by atoms with Gasteiger partial charge < -0.3 is 9.64 Å². The number of amides is 1. The summed E-state index contributed by atoms with van der Waals surface area (Å²) in [7, 11) is 0. The highest BCUT2D eigenvalue weighted by atomic mass is 32.2.